The van der Waals surface area contributed by atoms with Crippen molar-refractivity contribution in [1.29, 1.82) is 0 Å². The maximum atomic E-state index is 12.4. The predicted molar refractivity (Wildman–Crippen MR) is 82.6 cm³/mol. The molecule has 1 aromatic heterocycles. The summed E-state index contributed by atoms with van der Waals surface area (Å²) in [5.41, 5.74) is 2.17. The lowest BCUT2D eigenvalue weighted by molar-refractivity contribution is 0.0936. The molecule has 0 aliphatic heterocycles. The minimum absolute atomic E-state index is 0.197. The smallest absolute Gasteiger partial charge is 0.255 e. The minimum atomic E-state index is -0.202. The summed E-state index contributed by atoms with van der Waals surface area (Å²) < 4.78 is 11.2. The van der Waals surface area contributed by atoms with E-state index in [-0.39, 0.29) is 11.9 Å². The van der Waals surface area contributed by atoms with E-state index in [9.17, 15) is 4.79 Å². The van der Waals surface area contributed by atoms with Gasteiger partial charge in [0.25, 0.3) is 5.91 Å². The molecule has 1 amide bonds. The molecule has 0 aliphatic rings. The maximum Gasteiger partial charge on any atom is 0.255 e. The summed E-state index contributed by atoms with van der Waals surface area (Å²) in [6.45, 7) is 5.59. The standard InChI is InChI=1S/C15H17BrN2O3/c1-8(14-9(2)18-21-10(14)3)17-15(19)12-6-5-11(16)7-13(12)20-4/h5-8H,1-4H3,(H,17,19). The van der Waals surface area contributed by atoms with Gasteiger partial charge in [-0.1, -0.05) is 21.1 Å². The number of amides is 1. The second-order valence-corrected chi connectivity index (χ2v) is 5.69. The highest BCUT2D eigenvalue weighted by molar-refractivity contribution is 9.10. The van der Waals surface area contributed by atoms with E-state index in [0.717, 1.165) is 15.7 Å². The fourth-order valence-electron chi connectivity index (χ4n) is 2.31. The van der Waals surface area contributed by atoms with Crippen molar-refractivity contribution in [3.63, 3.8) is 0 Å². The molecule has 0 fully saturated rings. The number of benzene rings is 1. The van der Waals surface area contributed by atoms with E-state index in [1.54, 1.807) is 18.2 Å². The number of ether oxygens (including phenoxy) is 1. The second-order valence-electron chi connectivity index (χ2n) is 4.78. The molecule has 0 saturated carbocycles. The highest BCUT2D eigenvalue weighted by atomic mass is 79.9. The average molecular weight is 353 g/mol. The van der Waals surface area contributed by atoms with Crippen molar-refractivity contribution < 1.29 is 14.1 Å². The van der Waals surface area contributed by atoms with Crippen molar-refractivity contribution >= 4 is 21.8 Å². The van der Waals surface area contributed by atoms with Crippen LogP contribution < -0.4 is 10.1 Å². The molecule has 0 bridgehead atoms. The third-order valence-electron chi connectivity index (χ3n) is 3.28. The highest BCUT2D eigenvalue weighted by Gasteiger charge is 2.20. The highest BCUT2D eigenvalue weighted by Crippen LogP contribution is 2.25. The second kappa shape index (κ2) is 6.30. The van der Waals surface area contributed by atoms with Crippen LogP contribution in [0, 0.1) is 13.8 Å². The molecule has 1 unspecified atom stereocenters. The quantitative estimate of drug-likeness (QED) is 0.913. The number of hydrogen-bond donors (Lipinski definition) is 1. The van der Waals surface area contributed by atoms with Crippen molar-refractivity contribution in [3.05, 3.63) is 45.3 Å². The minimum Gasteiger partial charge on any atom is -0.496 e. The molecule has 21 heavy (non-hydrogen) atoms. The Balaban J connectivity index is 2.22. The van der Waals surface area contributed by atoms with E-state index in [1.807, 2.05) is 20.8 Å². The Morgan fingerprint density at radius 1 is 1.43 bits per heavy atom. The van der Waals surface area contributed by atoms with Gasteiger partial charge < -0.3 is 14.6 Å². The van der Waals surface area contributed by atoms with Crippen molar-refractivity contribution in [2.24, 2.45) is 0 Å². The summed E-state index contributed by atoms with van der Waals surface area (Å²) in [6.07, 6.45) is 0. The first kappa shape index (κ1) is 15.6. The first-order valence-corrected chi connectivity index (χ1v) is 7.30. The number of hydrogen-bond acceptors (Lipinski definition) is 4. The van der Waals surface area contributed by atoms with Crippen molar-refractivity contribution in [3.8, 4) is 5.75 Å². The lowest BCUT2D eigenvalue weighted by atomic mass is 10.1. The van der Waals surface area contributed by atoms with Crippen LogP contribution in [0.5, 0.6) is 5.75 Å². The van der Waals surface area contributed by atoms with Gasteiger partial charge in [0.1, 0.15) is 11.5 Å². The van der Waals surface area contributed by atoms with Crippen LogP contribution in [0.2, 0.25) is 0 Å². The van der Waals surface area contributed by atoms with Gasteiger partial charge in [0, 0.05) is 10.0 Å². The van der Waals surface area contributed by atoms with E-state index in [1.165, 1.54) is 7.11 Å². The zero-order valence-corrected chi connectivity index (χ0v) is 13.9. The molecule has 0 radical (unpaired) electrons. The summed E-state index contributed by atoms with van der Waals surface area (Å²) in [7, 11) is 1.54. The number of rotatable bonds is 4. The number of carbonyl (C=O) groups excluding carboxylic acids is 1. The molecular formula is C15H17BrN2O3. The molecule has 0 saturated heterocycles. The normalized spacial score (nSPS) is 12.0. The lowest BCUT2D eigenvalue weighted by Gasteiger charge is -2.15. The Morgan fingerprint density at radius 2 is 2.14 bits per heavy atom. The Labute approximate surface area is 131 Å². The summed E-state index contributed by atoms with van der Waals surface area (Å²) in [5, 5.41) is 6.85. The molecular weight excluding hydrogens is 336 g/mol. The average Bonchev–Trinajstić information content (AvgIpc) is 2.77. The molecule has 6 heteroatoms. The fourth-order valence-corrected chi connectivity index (χ4v) is 2.65. The van der Waals surface area contributed by atoms with Gasteiger partial charge in [-0.25, -0.2) is 0 Å². The van der Waals surface area contributed by atoms with E-state index in [2.05, 4.69) is 26.4 Å². The molecule has 1 N–H and O–H groups in total. The van der Waals surface area contributed by atoms with Gasteiger partial charge in [-0.05, 0) is 39.0 Å². The van der Waals surface area contributed by atoms with Gasteiger partial charge in [-0.2, -0.15) is 0 Å². The summed E-state index contributed by atoms with van der Waals surface area (Å²) >= 11 is 3.36. The van der Waals surface area contributed by atoms with Crippen LogP contribution in [0.25, 0.3) is 0 Å². The van der Waals surface area contributed by atoms with Gasteiger partial charge in [-0.15, -0.1) is 0 Å². The zero-order chi connectivity index (χ0) is 15.6. The number of aromatic nitrogens is 1. The largest absolute Gasteiger partial charge is 0.496 e. The third-order valence-corrected chi connectivity index (χ3v) is 3.77. The van der Waals surface area contributed by atoms with Crippen LogP contribution in [0.1, 0.15) is 40.3 Å². The Kier molecular flexibility index (Phi) is 4.67. The Hall–Kier alpha value is -1.82. The molecule has 1 aromatic carbocycles. The van der Waals surface area contributed by atoms with Crippen molar-refractivity contribution in [2.75, 3.05) is 7.11 Å². The van der Waals surface area contributed by atoms with Crippen LogP contribution in [-0.4, -0.2) is 18.2 Å². The summed E-state index contributed by atoms with van der Waals surface area (Å²) in [4.78, 5) is 12.4. The SMILES string of the molecule is COc1cc(Br)ccc1C(=O)NC(C)c1c(C)noc1C. The van der Waals surface area contributed by atoms with Crippen molar-refractivity contribution in [2.45, 2.75) is 26.8 Å². The van der Waals surface area contributed by atoms with E-state index in [0.29, 0.717) is 17.1 Å². The third kappa shape index (κ3) is 3.26. The number of nitrogens with zero attached hydrogens (tertiary/aromatic N) is 1. The lowest BCUT2D eigenvalue weighted by Crippen LogP contribution is -2.27. The van der Waals surface area contributed by atoms with Gasteiger partial charge in [-0.3, -0.25) is 4.79 Å². The summed E-state index contributed by atoms with van der Waals surface area (Å²) in [5.74, 6) is 1.03. The molecule has 0 spiro atoms. The predicted octanol–water partition coefficient (Wildman–Crippen LogP) is 3.55. The van der Waals surface area contributed by atoms with Crippen LogP contribution in [0.4, 0.5) is 0 Å². The maximum absolute atomic E-state index is 12.4. The van der Waals surface area contributed by atoms with Crippen LogP contribution >= 0.6 is 15.9 Å². The molecule has 1 atom stereocenters. The molecule has 1 heterocycles. The fraction of sp³-hybridized carbons (Fsp3) is 0.333. The van der Waals surface area contributed by atoms with Crippen LogP contribution in [-0.2, 0) is 0 Å². The van der Waals surface area contributed by atoms with Crippen molar-refractivity contribution in [1.82, 2.24) is 10.5 Å². The Bertz CT molecular complexity index is 647. The number of halogens is 1. The molecule has 2 aromatic rings. The van der Waals surface area contributed by atoms with Crippen LogP contribution in [0.3, 0.4) is 0 Å². The zero-order valence-electron chi connectivity index (χ0n) is 12.4. The summed E-state index contributed by atoms with van der Waals surface area (Å²) in [6, 6.07) is 5.09. The first-order valence-electron chi connectivity index (χ1n) is 6.51. The molecule has 0 aliphatic carbocycles. The molecule has 2 rings (SSSR count). The number of aryl methyl sites for hydroxylation is 2. The van der Waals surface area contributed by atoms with E-state index >= 15 is 0 Å². The van der Waals surface area contributed by atoms with Gasteiger partial charge in [0.15, 0.2) is 0 Å². The number of methoxy groups -OCH3 is 1. The first-order chi connectivity index (χ1) is 9.93. The van der Waals surface area contributed by atoms with Gasteiger partial charge in [0.05, 0.1) is 24.4 Å². The number of carbonyl (C=O) groups is 1. The van der Waals surface area contributed by atoms with Crippen LogP contribution in [0.15, 0.2) is 27.2 Å². The molecule has 5 nitrogen and oxygen atoms in total. The molecule has 112 valence electrons. The van der Waals surface area contributed by atoms with E-state index in [4.69, 9.17) is 9.26 Å². The van der Waals surface area contributed by atoms with Gasteiger partial charge in [0.2, 0.25) is 0 Å². The monoisotopic (exact) mass is 352 g/mol. The topological polar surface area (TPSA) is 64.4 Å². The number of nitrogens with one attached hydrogen (secondary N) is 1. The van der Waals surface area contributed by atoms with E-state index < -0.39 is 0 Å². The Morgan fingerprint density at radius 3 is 2.71 bits per heavy atom. The van der Waals surface area contributed by atoms with Gasteiger partial charge >= 0.3 is 0 Å².